The van der Waals surface area contributed by atoms with E-state index in [-0.39, 0.29) is 23.7 Å². The third kappa shape index (κ3) is 8.66. The van der Waals surface area contributed by atoms with E-state index < -0.39 is 56.0 Å². The highest BCUT2D eigenvalue weighted by Crippen LogP contribution is 2.42. The normalized spacial score (nSPS) is 16.4. The van der Waals surface area contributed by atoms with Crippen molar-refractivity contribution in [3.63, 3.8) is 0 Å². The van der Waals surface area contributed by atoms with Crippen molar-refractivity contribution in [2.75, 3.05) is 5.88 Å². The number of carbonyl (C=O) groups excluding carboxylic acids is 3. The van der Waals surface area contributed by atoms with Gasteiger partial charge in [-0.3, -0.25) is 14.3 Å². The summed E-state index contributed by atoms with van der Waals surface area (Å²) in [5, 5.41) is 2.80. The smallest absolute Gasteiger partial charge is 0.335 e. The van der Waals surface area contributed by atoms with Gasteiger partial charge in [-0.1, -0.05) is 29.8 Å². The molecule has 4 heterocycles. The number of carbonyl (C=O) groups is 3. The van der Waals surface area contributed by atoms with Crippen LogP contribution in [-0.2, 0) is 42.1 Å². The summed E-state index contributed by atoms with van der Waals surface area (Å²) in [4.78, 5) is 62.7. The summed E-state index contributed by atoms with van der Waals surface area (Å²) >= 11 is 1.31. The molecule has 14 nitrogen and oxygen atoms in total. The molecule has 2 atom stereocenters. The second kappa shape index (κ2) is 15.4. The topological polar surface area (TPSA) is 172 Å². The van der Waals surface area contributed by atoms with Gasteiger partial charge in [0.25, 0.3) is 0 Å². The van der Waals surface area contributed by atoms with E-state index in [0.29, 0.717) is 28.2 Å². The monoisotopic (exact) mass is 786 g/mol. The first-order valence-electron chi connectivity index (χ1n) is 17.5. The molecule has 2 aromatic carbocycles. The maximum atomic E-state index is 14.1. The van der Waals surface area contributed by atoms with Crippen LogP contribution in [0.5, 0.6) is 5.75 Å². The summed E-state index contributed by atoms with van der Waals surface area (Å²) in [5.41, 5.74) is 1.44. The first-order chi connectivity index (χ1) is 25.9. The highest BCUT2D eigenvalue weighted by Gasteiger charge is 2.51. The number of pyridine rings is 2. The van der Waals surface area contributed by atoms with Crippen molar-refractivity contribution in [1.82, 2.24) is 28.7 Å². The molecule has 0 aliphatic carbocycles. The first kappa shape index (κ1) is 39.4. The zero-order chi connectivity index (χ0) is 39.7. The number of fused-ring (bicyclic) bond motifs is 1. The van der Waals surface area contributed by atoms with E-state index in [1.165, 1.54) is 45.4 Å². The second-order valence-corrected chi connectivity index (χ2v) is 18.2. The average Bonchev–Trinajstić information content (AvgIpc) is 3.61. The Bertz CT molecular complexity index is 2390. The third-order valence-electron chi connectivity index (χ3n) is 8.87. The van der Waals surface area contributed by atoms with Crippen LogP contribution in [0, 0.1) is 6.92 Å². The Balaban J connectivity index is 1.26. The molecule has 0 saturated carbocycles. The average molecular weight is 787 g/mol. The van der Waals surface area contributed by atoms with E-state index >= 15 is 0 Å². The fraction of sp³-hybridized carbons (Fsp3) is 0.333. The number of nitrogens with one attached hydrogen (secondary N) is 1. The molecule has 0 unspecified atom stereocenters. The number of rotatable bonds is 11. The van der Waals surface area contributed by atoms with Gasteiger partial charge < -0.3 is 14.8 Å². The number of benzene rings is 2. The van der Waals surface area contributed by atoms with Gasteiger partial charge in [0.2, 0.25) is 15.9 Å². The predicted molar refractivity (Wildman–Crippen MR) is 207 cm³/mol. The molecule has 6 rings (SSSR count). The first-order valence-corrected chi connectivity index (χ1v) is 19.9. The molecule has 0 bridgehead atoms. The minimum absolute atomic E-state index is 0.00363. The lowest BCUT2D eigenvalue weighted by molar-refractivity contribution is -0.158. The van der Waals surface area contributed by atoms with Gasteiger partial charge in [-0.2, -0.15) is 4.31 Å². The Morgan fingerprint density at radius 3 is 2.35 bits per heavy atom. The van der Waals surface area contributed by atoms with E-state index in [9.17, 15) is 27.6 Å². The maximum Gasteiger partial charge on any atom is 0.335 e. The van der Waals surface area contributed by atoms with Crippen molar-refractivity contribution < 1.29 is 32.3 Å². The molecule has 1 saturated heterocycles. The van der Waals surface area contributed by atoms with E-state index in [2.05, 4.69) is 15.3 Å². The molecule has 16 heteroatoms. The molecule has 55 heavy (non-hydrogen) atoms. The fourth-order valence-electron chi connectivity index (χ4n) is 6.22. The van der Waals surface area contributed by atoms with Gasteiger partial charge >= 0.3 is 17.6 Å². The van der Waals surface area contributed by atoms with Gasteiger partial charge in [-0.15, -0.1) is 11.8 Å². The van der Waals surface area contributed by atoms with Crippen LogP contribution in [0.15, 0.2) is 101 Å². The van der Waals surface area contributed by atoms with Crippen molar-refractivity contribution in [3.05, 3.63) is 113 Å². The van der Waals surface area contributed by atoms with Crippen molar-refractivity contribution in [2.24, 2.45) is 0 Å². The predicted octanol–water partition coefficient (Wildman–Crippen LogP) is 4.41. The second-order valence-electron chi connectivity index (χ2n) is 14.7. The maximum absolute atomic E-state index is 14.1. The van der Waals surface area contributed by atoms with Gasteiger partial charge in [-0.05, 0) is 95.6 Å². The van der Waals surface area contributed by atoms with Crippen molar-refractivity contribution in [1.29, 1.82) is 0 Å². The van der Waals surface area contributed by atoms with Gasteiger partial charge in [0.05, 0.1) is 17.1 Å². The highest BCUT2D eigenvalue weighted by molar-refractivity contribution is 8.02. The molecular formula is C39H42N6O8S2. The van der Waals surface area contributed by atoms with Crippen LogP contribution < -0.4 is 15.7 Å². The van der Waals surface area contributed by atoms with Gasteiger partial charge in [-0.25, -0.2) is 32.4 Å². The standard InChI is InChI=1S/C39H42N6O8S2/c1-25-11-17-28(18-12-25)52-32(46)23-43-31-10-8-20-41-34(31)45(37(43)49)27-15-13-26(14-16-27)21-30(36(48)53-38(2,3)4)42-35(47)33-39(5,6)54-24-44(33)55(50,51)29-9-7-19-40-22-29/h7-20,22,30,33H,21,23-24H2,1-6H3,(H,42,47)/t30-,33+/m0/s1. The number of imidazole rings is 1. The molecule has 1 amide bonds. The van der Waals surface area contributed by atoms with E-state index in [1.807, 2.05) is 19.1 Å². The van der Waals surface area contributed by atoms with Crippen LogP contribution >= 0.6 is 11.8 Å². The molecule has 288 valence electrons. The molecule has 0 spiro atoms. The molecule has 3 aromatic heterocycles. The Morgan fingerprint density at radius 1 is 1.00 bits per heavy atom. The summed E-state index contributed by atoms with van der Waals surface area (Å²) in [6, 6.07) is 17.7. The number of thioether (sulfide) groups is 1. The van der Waals surface area contributed by atoms with E-state index in [1.54, 1.807) is 89.3 Å². The third-order valence-corrected chi connectivity index (χ3v) is 12.2. The Morgan fingerprint density at radius 2 is 1.69 bits per heavy atom. The Kier molecular flexibility index (Phi) is 11.0. The molecule has 1 aliphatic heterocycles. The summed E-state index contributed by atoms with van der Waals surface area (Å²) in [5.74, 6) is -1.59. The number of hydrogen-bond donors (Lipinski definition) is 1. The summed E-state index contributed by atoms with van der Waals surface area (Å²) in [6.07, 6.45) is 4.24. The molecule has 1 fully saturated rings. The van der Waals surface area contributed by atoms with Gasteiger partial charge in [0.15, 0.2) is 5.65 Å². The van der Waals surface area contributed by atoms with Crippen LogP contribution in [0.2, 0.25) is 0 Å². The number of esters is 2. The summed E-state index contributed by atoms with van der Waals surface area (Å²) < 4.78 is 41.5. The number of aryl methyl sites for hydroxylation is 1. The van der Waals surface area contributed by atoms with E-state index in [0.717, 1.165) is 9.87 Å². The molecule has 5 aromatic rings. The molecule has 0 radical (unpaired) electrons. The van der Waals surface area contributed by atoms with Gasteiger partial charge in [0.1, 0.15) is 34.9 Å². The van der Waals surface area contributed by atoms with E-state index in [4.69, 9.17) is 9.47 Å². The zero-order valence-corrected chi connectivity index (χ0v) is 32.9. The zero-order valence-electron chi connectivity index (χ0n) is 31.3. The van der Waals surface area contributed by atoms with Crippen molar-refractivity contribution >= 4 is 50.8 Å². The molecule has 1 aliphatic rings. The van der Waals surface area contributed by atoms with Crippen molar-refractivity contribution in [3.8, 4) is 11.4 Å². The van der Waals surface area contributed by atoms with Crippen molar-refractivity contribution in [2.45, 2.75) is 81.8 Å². The summed E-state index contributed by atoms with van der Waals surface area (Å²) in [7, 11) is -4.11. The number of amides is 1. The van der Waals surface area contributed by atoms with Crippen LogP contribution in [0.1, 0.15) is 45.7 Å². The lowest BCUT2D eigenvalue weighted by Gasteiger charge is -2.32. The lowest BCUT2D eigenvalue weighted by atomic mass is 10.0. The fourth-order valence-corrected chi connectivity index (χ4v) is 9.36. The number of aromatic nitrogens is 4. The number of ether oxygens (including phenoxy) is 2. The summed E-state index contributed by atoms with van der Waals surface area (Å²) in [6.45, 7) is 10.3. The van der Waals surface area contributed by atoms with Crippen LogP contribution in [0.4, 0.5) is 0 Å². The Hall–Kier alpha value is -5.32. The highest BCUT2D eigenvalue weighted by atomic mass is 32.2. The minimum Gasteiger partial charge on any atom is -0.458 e. The number of hydrogen-bond acceptors (Lipinski definition) is 11. The Labute approximate surface area is 322 Å². The molecule has 1 N–H and O–H groups in total. The quantitative estimate of drug-likeness (QED) is 0.149. The van der Waals surface area contributed by atoms with Crippen LogP contribution in [-0.4, -0.2) is 78.0 Å². The molecular weight excluding hydrogens is 745 g/mol. The van der Waals surface area contributed by atoms with Crippen LogP contribution in [0.3, 0.4) is 0 Å². The van der Waals surface area contributed by atoms with Gasteiger partial charge in [0, 0.05) is 29.8 Å². The largest absolute Gasteiger partial charge is 0.458 e. The lowest BCUT2D eigenvalue weighted by Crippen LogP contribution is -2.57. The number of nitrogens with zero attached hydrogens (tertiary/aromatic N) is 5. The SMILES string of the molecule is Cc1ccc(OC(=O)Cn2c(=O)n(-c3ccc(C[C@H](NC(=O)[C@H]4N(S(=O)(=O)c5cccnc5)CSC4(C)C)C(=O)OC(C)(C)C)cc3)c3ncccc32)cc1. The number of sulfonamides is 1. The minimum atomic E-state index is -4.11. The van der Waals surface area contributed by atoms with Crippen LogP contribution in [0.25, 0.3) is 16.9 Å².